The Bertz CT molecular complexity index is 2890. The summed E-state index contributed by atoms with van der Waals surface area (Å²) in [4.78, 5) is 18.8. The van der Waals surface area contributed by atoms with Crippen molar-refractivity contribution in [3.05, 3.63) is 181 Å². The normalized spacial score (nSPS) is 13.4. The molecule has 0 atom stereocenters. The van der Waals surface area contributed by atoms with Gasteiger partial charge in [0.2, 0.25) is 0 Å². The van der Waals surface area contributed by atoms with Crippen LogP contribution in [-0.2, 0) is 0 Å². The van der Waals surface area contributed by atoms with Gasteiger partial charge in [0, 0.05) is 66.6 Å². The highest BCUT2D eigenvalue weighted by atomic mass is 127. The number of rotatable bonds is 5. The Morgan fingerprint density at radius 1 is 0.333 bits per heavy atom. The standard InChI is InChI=1S/C45H25F2I3N4/c46-37-21-34(22-38(47)23-37)45-49-43(30-11-5-26(6-12-30)35-19-32-15-9-28-3-1-17-51-39(28)41(32)53-24-35)48-44(50-45)31-13-7-27(8-14-31)36-20-33-16-10-29-4-2-18-52-40(29)42(33)54-25-36/h1-25H. The van der Waals surface area contributed by atoms with E-state index in [2.05, 4.69) is 107 Å². The molecule has 9 heteroatoms. The zero-order valence-corrected chi connectivity index (χ0v) is 34.6. The monoisotopic (exact) mass is 1040 g/mol. The van der Waals surface area contributed by atoms with Gasteiger partial charge in [-0.3, -0.25) is 19.9 Å². The van der Waals surface area contributed by atoms with Crippen LogP contribution in [0, 0.1) is 11.6 Å². The highest BCUT2D eigenvalue weighted by Crippen LogP contribution is 2.40. The molecule has 0 saturated heterocycles. The van der Waals surface area contributed by atoms with E-state index in [4.69, 9.17) is 9.97 Å². The predicted octanol–water partition coefficient (Wildman–Crippen LogP) is 12.3. The van der Waals surface area contributed by atoms with E-state index in [1.54, 1.807) is 12.4 Å². The fourth-order valence-electron chi connectivity index (χ4n) is 6.63. The first kappa shape index (κ1) is 33.9. The second-order valence-corrected chi connectivity index (χ2v) is 27.0. The van der Waals surface area contributed by atoms with Crippen LogP contribution in [-0.4, -0.2) is 24.5 Å². The number of aromatic nitrogens is 4. The van der Waals surface area contributed by atoms with Crippen LogP contribution in [0.1, 0.15) is 16.7 Å². The summed E-state index contributed by atoms with van der Waals surface area (Å²) in [5, 5.41) is 4.26. The predicted molar refractivity (Wildman–Crippen MR) is 246 cm³/mol. The molecule has 0 saturated carbocycles. The Labute approximate surface area is 338 Å². The molecule has 260 valence electrons. The minimum atomic E-state index is -0.555. The highest BCUT2D eigenvalue weighted by molar-refractivity contribution is 14.3. The molecule has 10 rings (SSSR count). The van der Waals surface area contributed by atoms with Crippen molar-refractivity contribution >= 4 is 110 Å². The minimum absolute atomic E-state index is 0.438. The summed E-state index contributed by atoms with van der Waals surface area (Å²) in [5.74, 6) is -1.05. The summed E-state index contributed by atoms with van der Waals surface area (Å²) in [5.41, 5.74) is 11.1. The first-order chi connectivity index (χ1) is 26.5. The molecule has 0 spiro atoms. The van der Waals surface area contributed by atoms with Crippen LogP contribution < -0.4 is 0 Å². The molecule has 0 unspecified atom stereocenters. The van der Waals surface area contributed by atoms with E-state index in [0.29, 0.717) is 5.56 Å². The lowest BCUT2D eigenvalue weighted by molar-refractivity contribution is 0.583. The van der Waals surface area contributed by atoms with E-state index in [-0.39, 0.29) is 0 Å². The maximum atomic E-state index is 14.5. The number of benzene rings is 5. The fourth-order valence-corrected chi connectivity index (χ4v) is 30.2. The molecule has 0 bridgehead atoms. The van der Waals surface area contributed by atoms with Gasteiger partial charge in [-0.05, 0) is 64.2 Å². The molecule has 4 aromatic heterocycles. The van der Waals surface area contributed by atoms with Crippen molar-refractivity contribution in [3.63, 3.8) is 0 Å². The van der Waals surface area contributed by atoms with Crippen LogP contribution in [0.15, 0.2) is 152 Å². The number of hydrogen-bond donors (Lipinski definition) is 0. The molecular weight excluding hydrogens is 1020 g/mol. The van der Waals surface area contributed by atoms with Crippen LogP contribution in [0.25, 0.3) is 65.9 Å². The molecule has 0 amide bonds. The van der Waals surface area contributed by atoms with Crippen molar-refractivity contribution in [2.75, 3.05) is 0 Å². The van der Waals surface area contributed by atoms with Gasteiger partial charge < -0.3 is 0 Å². The van der Waals surface area contributed by atoms with Gasteiger partial charge >= 0.3 is 0 Å². The van der Waals surface area contributed by atoms with E-state index in [9.17, 15) is 8.78 Å². The molecule has 4 nitrogen and oxygen atoms in total. The average molecular weight is 1040 g/mol. The van der Waals surface area contributed by atoms with Crippen LogP contribution >= 0.6 is 62.2 Å². The number of nitrogens with zero attached hydrogens (tertiary/aromatic N) is 4. The van der Waals surface area contributed by atoms with Crippen molar-refractivity contribution in [2.24, 2.45) is 0 Å². The summed E-state index contributed by atoms with van der Waals surface area (Å²) in [6.07, 6.45) is 7.47. The molecule has 54 heavy (non-hydrogen) atoms. The Morgan fingerprint density at radius 2 is 0.722 bits per heavy atom. The summed E-state index contributed by atoms with van der Waals surface area (Å²) in [6, 6.07) is 42.3. The first-order valence-corrected chi connectivity index (χ1v) is 23.5. The van der Waals surface area contributed by atoms with E-state index in [1.807, 2.05) is 24.5 Å². The first-order valence-electron chi connectivity index (χ1n) is 17.0. The van der Waals surface area contributed by atoms with E-state index in [0.717, 1.165) is 71.9 Å². The lowest BCUT2D eigenvalue weighted by atomic mass is 10.0. The van der Waals surface area contributed by atoms with Gasteiger partial charge in [0.15, 0.2) is 0 Å². The lowest BCUT2D eigenvalue weighted by Gasteiger charge is -2.15. The van der Waals surface area contributed by atoms with Crippen molar-refractivity contribution in [3.8, 4) is 22.3 Å². The van der Waals surface area contributed by atoms with Gasteiger partial charge in [0.05, 0.1) is 23.6 Å². The van der Waals surface area contributed by atoms with Gasteiger partial charge in [-0.1, -0.05) is 147 Å². The zero-order chi connectivity index (χ0) is 36.2. The molecule has 1 aliphatic heterocycles. The Kier molecular flexibility index (Phi) is 8.94. The van der Waals surface area contributed by atoms with Crippen molar-refractivity contribution in [2.45, 2.75) is 0 Å². The van der Waals surface area contributed by atoms with Gasteiger partial charge in [0.1, 0.15) is 11.6 Å². The number of hydrogen-bond acceptors (Lipinski definition) is 4. The Balaban J connectivity index is 0.995. The number of halogens is 5. The van der Waals surface area contributed by atoms with Gasteiger partial charge in [0.25, 0.3) is 0 Å². The van der Waals surface area contributed by atoms with E-state index < -0.39 is 73.8 Å². The van der Waals surface area contributed by atoms with Crippen molar-refractivity contribution in [1.82, 2.24) is 19.9 Å². The van der Waals surface area contributed by atoms with Crippen LogP contribution in [0.4, 0.5) is 8.78 Å². The van der Waals surface area contributed by atoms with E-state index in [1.165, 1.54) is 27.8 Å². The molecule has 5 aromatic carbocycles. The van der Waals surface area contributed by atoms with Gasteiger partial charge in [-0.15, -0.1) is 0 Å². The fraction of sp³-hybridized carbons (Fsp3) is 0. The van der Waals surface area contributed by atoms with Crippen LogP contribution in [0.3, 0.4) is 0 Å². The number of pyridine rings is 4. The third kappa shape index (κ3) is 6.49. The van der Waals surface area contributed by atoms with Gasteiger partial charge in [-0.25, -0.2) is 8.78 Å². The average Bonchev–Trinajstić information content (AvgIpc) is 3.23. The topological polar surface area (TPSA) is 51.6 Å². The Morgan fingerprint density at radius 3 is 1.19 bits per heavy atom. The quantitative estimate of drug-likeness (QED) is 0.127. The molecule has 0 radical (unpaired) electrons. The molecule has 5 heterocycles. The van der Waals surface area contributed by atoms with Gasteiger partial charge in [-0.2, -0.15) is 0 Å². The molecule has 1 aliphatic rings. The second kappa shape index (κ2) is 14.2. The summed E-state index contributed by atoms with van der Waals surface area (Å²) in [7, 11) is 0. The van der Waals surface area contributed by atoms with Crippen molar-refractivity contribution in [1.29, 1.82) is 0 Å². The SMILES string of the molecule is Fc1cc(F)cc(C2=IC(c3ccc(-c4cnc5c(ccc6cccnc65)c4)cc3)=IC(c3ccc(-c4cnc5c(ccc6cccnc65)c4)cc3)=I2)c1. The maximum absolute atomic E-state index is 14.5. The third-order valence-corrected chi connectivity index (χ3v) is 24.1. The highest BCUT2D eigenvalue weighted by Gasteiger charge is 2.17. The maximum Gasteiger partial charge on any atom is 0.126 e. The summed E-state index contributed by atoms with van der Waals surface area (Å²) < 4.78 is 33.2. The molecule has 0 N–H and O–H groups in total. The Hall–Kier alpha value is -4.60. The minimum Gasteiger partial charge on any atom is -0.254 e. The number of fused-ring (bicyclic) bond motifs is 6. The second-order valence-electron chi connectivity index (χ2n) is 12.8. The zero-order valence-electron chi connectivity index (χ0n) is 28.1. The van der Waals surface area contributed by atoms with Crippen molar-refractivity contribution < 1.29 is 8.78 Å². The summed E-state index contributed by atoms with van der Waals surface area (Å²) in [6.45, 7) is 0. The van der Waals surface area contributed by atoms with E-state index >= 15 is 0 Å². The largest absolute Gasteiger partial charge is 0.254 e. The lowest BCUT2D eigenvalue weighted by Crippen LogP contribution is -2.02. The summed E-state index contributed by atoms with van der Waals surface area (Å²) >= 11 is -1.55. The van der Waals surface area contributed by atoms with Crippen LogP contribution in [0.5, 0.6) is 0 Å². The third-order valence-electron chi connectivity index (χ3n) is 9.30. The molecule has 9 aromatic rings. The smallest absolute Gasteiger partial charge is 0.126 e. The molecular formula is C45H25F2I3N4. The molecule has 0 fully saturated rings. The van der Waals surface area contributed by atoms with Crippen LogP contribution in [0.2, 0.25) is 0 Å². The molecule has 0 aliphatic carbocycles.